The van der Waals surface area contributed by atoms with Crippen molar-refractivity contribution in [1.82, 2.24) is 0 Å². The summed E-state index contributed by atoms with van der Waals surface area (Å²) in [7, 11) is 0. The van der Waals surface area contributed by atoms with Gasteiger partial charge in [0.05, 0.1) is 29.5 Å². The number of rotatable bonds is 7. The molecular weight excluding hydrogens is 362 g/mol. The van der Waals surface area contributed by atoms with E-state index in [1.807, 2.05) is 0 Å². The minimum absolute atomic E-state index is 0.0279. The van der Waals surface area contributed by atoms with Crippen LogP contribution < -0.4 is 15.4 Å². The summed E-state index contributed by atoms with van der Waals surface area (Å²) in [6.07, 6.45) is 0. The van der Waals surface area contributed by atoms with Crippen LogP contribution in [0.3, 0.4) is 0 Å². The van der Waals surface area contributed by atoms with E-state index in [4.69, 9.17) is 26.2 Å². The molecule has 0 aromatic heterocycles. The Morgan fingerprint density at radius 2 is 2.08 bits per heavy atom. The van der Waals surface area contributed by atoms with E-state index in [0.29, 0.717) is 41.8 Å². The normalized spacial score (nSPS) is 12.8. The maximum absolute atomic E-state index is 11.1. The number of nitro groups is 1. The number of nitrogens with zero attached hydrogens (tertiary/aromatic N) is 1. The zero-order valence-electron chi connectivity index (χ0n) is 13.8. The number of halogens is 1. The molecule has 8 nitrogen and oxygen atoms in total. The largest absolute Gasteiger partial charge is 0.467 e. The number of aliphatic hydroxyl groups excluding tert-OH is 1. The summed E-state index contributed by atoms with van der Waals surface area (Å²) in [6.45, 7) is 1.23. The molecule has 3 rings (SSSR count). The van der Waals surface area contributed by atoms with Gasteiger partial charge in [-0.2, -0.15) is 0 Å². The topological polar surface area (TPSA) is 106 Å². The molecule has 0 bridgehead atoms. The third-order valence-electron chi connectivity index (χ3n) is 3.86. The van der Waals surface area contributed by atoms with Crippen LogP contribution in [0.4, 0.5) is 17.1 Å². The molecule has 2 aromatic carbocycles. The molecule has 1 aliphatic rings. The van der Waals surface area contributed by atoms with Gasteiger partial charge in [0.15, 0.2) is 6.79 Å². The minimum atomic E-state index is -0.456. The third kappa shape index (κ3) is 4.16. The van der Waals surface area contributed by atoms with Gasteiger partial charge in [0, 0.05) is 41.4 Å². The lowest BCUT2D eigenvalue weighted by Crippen LogP contribution is -2.15. The first-order valence-corrected chi connectivity index (χ1v) is 8.35. The predicted octanol–water partition coefficient (Wildman–Crippen LogP) is 3.13. The summed E-state index contributed by atoms with van der Waals surface area (Å²) in [5, 5.41) is 26.8. The molecule has 0 saturated heterocycles. The van der Waals surface area contributed by atoms with Crippen molar-refractivity contribution >= 4 is 28.7 Å². The quantitative estimate of drug-likeness (QED) is 0.501. The number of ether oxygens (including phenoxy) is 2. The Bertz CT molecular complexity index is 815. The monoisotopic (exact) mass is 379 g/mol. The van der Waals surface area contributed by atoms with Crippen molar-refractivity contribution in [1.29, 1.82) is 0 Å². The number of non-ortho nitro benzene ring substituents is 1. The lowest BCUT2D eigenvalue weighted by Gasteiger charge is -2.22. The SMILES string of the molecule is O=[N+]([O-])c1ccc(NCCO)c(NCc2cc(Cl)cc3c2OCOC3)c1. The van der Waals surface area contributed by atoms with Crippen molar-refractivity contribution in [3.8, 4) is 5.75 Å². The van der Waals surface area contributed by atoms with Crippen LogP contribution in [-0.2, 0) is 17.9 Å². The molecule has 0 spiro atoms. The molecule has 0 amide bonds. The van der Waals surface area contributed by atoms with Crippen molar-refractivity contribution in [2.24, 2.45) is 0 Å². The molecule has 0 saturated carbocycles. The lowest BCUT2D eigenvalue weighted by atomic mass is 10.1. The van der Waals surface area contributed by atoms with E-state index in [2.05, 4.69) is 10.6 Å². The summed E-state index contributed by atoms with van der Waals surface area (Å²) >= 11 is 6.16. The van der Waals surface area contributed by atoms with Crippen LogP contribution in [0.25, 0.3) is 0 Å². The van der Waals surface area contributed by atoms with E-state index >= 15 is 0 Å². The summed E-state index contributed by atoms with van der Waals surface area (Å²) in [6, 6.07) is 8.04. The van der Waals surface area contributed by atoms with Gasteiger partial charge in [-0.1, -0.05) is 11.6 Å². The van der Waals surface area contributed by atoms with Gasteiger partial charge in [-0.05, 0) is 18.2 Å². The van der Waals surface area contributed by atoms with Crippen molar-refractivity contribution in [3.63, 3.8) is 0 Å². The van der Waals surface area contributed by atoms with Gasteiger partial charge >= 0.3 is 0 Å². The first kappa shape index (κ1) is 18.2. The second-order valence-corrected chi connectivity index (χ2v) is 6.09. The van der Waals surface area contributed by atoms with Crippen LogP contribution >= 0.6 is 11.6 Å². The number of nitro benzene ring substituents is 1. The number of nitrogens with one attached hydrogen (secondary N) is 2. The van der Waals surface area contributed by atoms with Crippen molar-refractivity contribution in [2.75, 3.05) is 30.6 Å². The predicted molar refractivity (Wildman–Crippen MR) is 97.7 cm³/mol. The van der Waals surface area contributed by atoms with Crippen molar-refractivity contribution in [3.05, 3.63) is 56.6 Å². The van der Waals surface area contributed by atoms with E-state index in [9.17, 15) is 10.1 Å². The summed E-state index contributed by atoms with van der Waals surface area (Å²) in [5.41, 5.74) is 2.87. The minimum Gasteiger partial charge on any atom is -0.467 e. The van der Waals surface area contributed by atoms with E-state index in [0.717, 1.165) is 11.1 Å². The number of aliphatic hydroxyl groups is 1. The number of benzene rings is 2. The second kappa shape index (κ2) is 8.22. The molecule has 0 fully saturated rings. The molecule has 0 unspecified atom stereocenters. The van der Waals surface area contributed by atoms with Gasteiger partial charge < -0.3 is 25.2 Å². The highest BCUT2D eigenvalue weighted by Gasteiger charge is 2.17. The maximum atomic E-state index is 11.1. The van der Waals surface area contributed by atoms with Gasteiger partial charge in [-0.3, -0.25) is 10.1 Å². The van der Waals surface area contributed by atoms with Crippen molar-refractivity contribution in [2.45, 2.75) is 13.2 Å². The van der Waals surface area contributed by atoms with Crippen molar-refractivity contribution < 1.29 is 19.5 Å². The Kier molecular flexibility index (Phi) is 5.77. The first-order chi connectivity index (χ1) is 12.6. The van der Waals surface area contributed by atoms with Gasteiger partial charge in [-0.15, -0.1) is 0 Å². The standard InChI is InChI=1S/C17H18ClN3O5/c18-13-5-11(17-12(6-13)9-25-10-26-17)8-20-16-7-14(21(23)24)1-2-15(16)19-3-4-22/h1-2,5-7,19-20,22H,3-4,8-10H2. The highest BCUT2D eigenvalue weighted by molar-refractivity contribution is 6.30. The third-order valence-corrected chi connectivity index (χ3v) is 4.08. The smallest absolute Gasteiger partial charge is 0.271 e. The second-order valence-electron chi connectivity index (χ2n) is 5.65. The van der Waals surface area contributed by atoms with E-state index in [1.165, 1.54) is 12.1 Å². The van der Waals surface area contributed by atoms with Gasteiger partial charge in [0.25, 0.3) is 5.69 Å². The molecule has 1 heterocycles. The fourth-order valence-corrected chi connectivity index (χ4v) is 2.98. The molecule has 9 heteroatoms. The average molecular weight is 380 g/mol. The van der Waals surface area contributed by atoms with E-state index < -0.39 is 4.92 Å². The Hall–Kier alpha value is -2.55. The summed E-state index contributed by atoms with van der Waals surface area (Å²) in [4.78, 5) is 10.6. The molecule has 0 atom stereocenters. The molecule has 26 heavy (non-hydrogen) atoms. The molecule has 138 valence electrons. The maximum Gasteiger partial charge on any atom is 0.271 e. The van der Waals surface area contributed by atoms with Crippen LogP contribution in [0.5, 0.6) is 5.75 Å². The number of hydrogen-bond acceptors (Lipinski definition) is 7. The number of hydrogen-bond donors (Lipinski definition) is 3. The summed E-state index contributed by atoms with van der Waals surface area (Å²) in [5.74, 6) is 0.712. The van der Waals surface area contributed by atoms with Gasteiger partial charge in [0.1, 0.15) is 5.75 Å². The Labute approximate surface area is 154 Å². The Morgan fingerprint density at radius 1 is 1.23 bits per heavy atom. The highest BCUT2D eigenvalue weighted by Crippen LogP contribution is 2.33. The van der Waals surface area contributed by atoms with Crippen LogP contribution in [-0.4, -0.2) is 30.0 Å². The fourth-order valence-electron chi connectivity index (χ4n) is 2.72. The number of anilines is 2. The Balaban J connectivity index is 1.85. The molecule has 2 aromatic rings. The molecule has 0 aliphatic carbocycles. The Morgan fingerprint density at radius 3 is 2.85 bits per heavy atom. The molecule has 0 radical (unpaired) electrons. The zero-order chi connectivity index (χ0) is 18.5. The van der Waals surface area contributed by atoms with E-state index in [-0.39, 0.29) is 19.1 Å². The van der Waals surface area contributed by atoms with Crippen LogP contribution in [0.1, 0.15) is 11.1 Å². The van der Waals surface area contributed by atoms with Crippen LogP contribution in [0.15, 0.2) is 30.3 Å². The first-order valence-electron chi connectivity index (χ1n) is 7.97. The molecular formula is C17H18ClN3O5. The lowest BCUT2D eigenvalue weighted by molar-refractivity contribution is -0.384. The average Bonchev–Trinajstić information content (AvgIpc) is 2.64. The fraction of sp³-hybridized carbons (Fsp3) is 0.294. The van der Waals surface area contributed by atoms with Gasteiger partial charge in [0.2, 0.25) is 0 Å². The molecule has 3 N–H and O–H groups in total. The zero-order valence-corrected chi connectivity index (χ0v) is 14.6. The number of fused-ring (bicyclic) bond motifs is 1. The van der Waals surface area contributed by atoms with Crippen LogP contribution in [0.2, 0.25) is 5.02 Å². The highest BCUT2D eigenvalue weighted by atomic mass is 35.5. The van der Waals surface area contributed by atoms with Gasteiger partial charge in [-0.25, -0.2) is 0 Å². The molecule has 1 aliphatic heterocycles. The summed E-state index contributed by atoms with van der Waals surface area (Å²) < 4.78 is 10.8. The van der Waals surface area contributed by atoms with E-state index in [1.54, 1.807) is 18.2 Å². The van der Waals surface area contributed by atoms with Crippen LogP contribution in [0, 0.1) is 10.1 Å².